The van der Waals surface area contributed by atoms with Crippen LogP contribution in [-0.4, -0.2) is 27.1 Å². The summed E-state index contributed by atoms with van der Waals surface area (Å²) in [6, 6.07) is 21.7. The third-order valence-electron chi connectivity index (χ3n) is 5.68. The molecule has 2 aromatic rings. The highest BCUT2D eigenvalue weighted by Crippen LogP contribution is 2.39. The van der Waals surface area contributed by atoms with Crippen LogP contribution < -0.4 is 10.4 Å². The van der Waals surface area contributed by atoms with E-state index in [1.807, 2.05) is 0 Å². The largest absolute Gasteiger partial charge is 0.401 e. The van der Waals surface area contributed by atoms with Gasteiger partial charge in [0.1, 0.15) is 0 Å². The molecular formula is C24H28O2Si. The molecule has 2 aromatic carbocycles. The van der Waals surface area contributed by atoms with Crippen LogP contribution in [0, 0.1) is 0 Å². The molecule has 0 unspecified atom stereocenters. The molecule has 0 N–H and O–H groups in total. The molecule has 27 heavy (non-hydrogen) atoms. The van der Waals surface area contributed by atoms with Crippen molar-refractivity contribution in [2.45, 2.75) is 44.4 Å². The molecule has 0 saturated heterocycles. The monoisotopic (exact) mass is 376 g/mol. The lowest BCUT2D eigenvalue weighted by atomic mass is 9.98. The Labute approximate surface area is 163 Å². The minimum Gasteiger partial charge on any atom is -0.401 e. The zero-order valence-corrected chi connectivity index (χ0v) is 17.4. The summed E-state index contributed by atoms with van der Waals surface area (Å²) in [5, 5.41) is 2.65. The van der Waals surface area contributed by atoms with Gasteiger partial charge >= 0.3 is 0 Å². The summed E-state index contributed by atoms with van der Waals surface area (Å²) in [7, 11) is -2.51. The Morgan fingerprint density at radius 2 is 1.52 bits per heavy atom. The quantitative estimate of drug-likeness (QED) is 0.744. The van der Waals surface area contributed by atoms with Crippen molar-refractivity contribution in [3.63, 3.8) is 0 Å². The molecule has 1 aliphatic heterocycles. The van der Waals surface area contributed by atoms with Gasteiger partial charge in [-0.25, -0.2) is 0 Å². The van der Waals surface area contributed by atoms with Crippen LogP contribution in [0.1, 0.15) is 27.2 Å². The van der Waals surface area contributed by atoms with Crippen LogP contribution in [0.4, 0.5) is 0 Å². The number of hydrogen-bond acceptors (Lipinski definition) is 2. The fourth-order valence-electron chi connectivity index (χ4n) is 4.38. The zero-order valence-electron chi connectivity index (χ0n) is 16.4. The Balaban J connectivity index is 1.81. The Morgan fingerprint density at radius 1 is 0.926 bits per heavy atom. The van der Waals surface area contributed by atoms with Crippen molar-refractivity contribution < 1.29 is 9.16 Å². The molecule has 140 valence electrons. The van der Waals surface area contributed by atoms with E-state index in [-0.39, 0.29) is 17.2 Å². The Kier molecular flexibility index (Phi) is 4.93. The summed E-state index contributed by atoms with van der Waals surface area (Å²) < 4.78 is 13.1. The van der Waals surface area contributed by atoms with Crippen molar-refractivity contribution in [2.75, 3.05) is 6.61 Å². The van der Waals surface area contributed by atoms with Gasteiger partial charge in [-0.3, -0.25) is 0 Å². The van der Waals surface area contributed by atoms with Gasteiger partial charge in [-0.05, 0) is 21.0 Å². The number of rotatable bonds is 4. The highest BCUT2D eigenvalue weighted by molar-refractivity contribution is 6.99. The van der Waals surface area contributed by atoms with Gasteiger partial charge < -0.3 is 9.16 Å². The normalized spacial score (nSPS) is 22.4. The van der Waals surface area contributed by atoms with Gasteiger partial charge in [0, 0.05) is 6.42 Å². The molecule has 0 amide bonds. The first kappa shape index (κ1) is 18.4. The molecule has 1 heterocycles. The van der Waals surface area contributed by atoms with E-state index in [0.29, 0.717) is 0 Å². The van der Waals surface area contributed by atoms with Crippen LogP contribution in [-0.2, 0) is 9.16 Å². The third kappa shape index (κ3) is 3.36. The smallest absolute Gasteiger partial charge is 0.261 e. The second-order valence-electron chi connectivity index (χ2n) is 8.44. The van der Waals surface area contributed by atoms with Gasteiger partial charge in [-0.2, -0.15) is 0 Å². The topological polar surface area (TPSA) is 18.5 Å². The first-order valence-electron chi connectivity index (χ1n) is 9.79. The zero-order chi connectivity index (χ0) is 18.9. The minimum absolute atomic E-state index is 0.00377. The average molecular weight is 377 g/mol. The van der Waals surface area contributed by atoms with Gasteiger partial charge in [-0.15, -0.1) is 0 Å². The molecule has 2 nitrogen and oxygen atoms in total. The van der Waals surface area contributed by atoms with Crippen LogP contribution in [0.25, 0.3) is 0 Å². The van der Waals surface area contributed by atoms with Gasteiger partial charge in [0.25, 0.3) is 8.32 Å². The van der Waals surface area contributed by atoms with E-state index in [0.717, 1.165) is 13.0 Å². The fraction of sp³-hybridized carbons (Fsp3) is 0.333. The standard InChI is InChI=1S/C24H28O2Si/c1-24(2,3)27(21-10-6-4-7-11-21,22-12-8-5-9-13-22)26-20-15-14-19-16-17-25-23(19)18-20/h4-16,20,23H,17-18H2,1-3H3/t20-,23+/m0/s1. The number of hydrogen-bond donors (Lipinski definition) is 0. The molecule has 1 aliphatic carbocycles. The van der Waals surface area contributed by atoms with Crippen LogP contribution >= 0.6 is 0 Å². The van der Waals surface area contributed by atoms with Gasteiger partial charge in [0.2, 0.25) is 0 Å². The number of ether oxygens (including phenoxy) is 1. The number of benzene rings is 2. The second kappa shape index (κ2) is 7.23. The highest BCUT2D eigenvalue weighted by Gasteiger charge is 2.51. The van der Waals surface area contributed by atoms with E-state index in [1.165, 1.54) is 15.9 Å². The predicted octanol–water partition coefficient (Wildman–Crippen LogP) is 4.22. The van der Waals surface area contributed by atoms with Crippen LogP contribution in [0.2, 0.25) is 5.04 Å². The van der Waals surface area contributed by atoms with E-state index in [1.54, 1.807) is 0 Å². The lowest BCUT2D eigenvalue weighted by Crippen LogP contribution is -2.67. The Bertz CT molecular complexity index is 794. The minimum atomic E-state index is -2.51. The Morgan fingerprint density at radius 3 is 2.07 bits per heavy atom. The molecule has 0 radical (unpaired) electrons. The highest BCUT2D eigenvalue weighted by atomic mass is 28.4. The summed E-state index contributed by atoms with van der Waals surface area (Å²) in [5.41, 5.74) is 1.30. The predicted molar refractivity (Wildman–Crippen MR) is 114 cm³/mol. The van der Waals surface area contributed by atoms with E-state index in [4.69, 9.17) is 9.16 Å². The number of fused-ring (bicyclic) bond motifs is 1. The molecule has 0 fully saturated rings. The van der Waals surface area contributed by atoms with Gasteiger partial charge in [-0.1, -0.05) is 99.7 Å². The van der Waals surface area contributed by atoms with Gasteiger partial charge in [0.05, 0.1) is 18.8 Å². The maximum Gasteiger partial charge on any atom is 0.261 e. The molecule has 2 atom stereocenters. The second-order valence-corrected chi connectivity index (χ2v) is 12.7. The van der Waals surface area contributed by atoms with E-state index in [9.17, 15) is 0 Å². The first-order valence-corrected chi connectivity index (χ1v) is 11.7. The molecular weight excluding hydrogens is 348 g/mol. The molecule has 0 aromatic heterocycles. The summed E-state index contributed by atoms with van der Waals surface area (Å²) in [4.78, 5) is 0. The van der Waals surface area contributed by atoms with Crippen molar-refractivity contribution >= 4 is 18.7 Å². The SMILES string of the molecule is CC(C)(C)[Si](O[C@H]1C=CC2=CCO[C@@H]2C1)(c1ccccc1)c1ccccc1. The molecule has 3 heteroatoms. The summed E-state index contributed by atoms with van der Waals surface area (Å²) in [6.07, 6.45) is 7.75. The fourth-order valence-corrected chi connectivity index (χ4v) is 9.03. The lowest BCUT2D eigenvalue weighted by Gasteiger charge is -2.45. The van der Waals surface area contributed by atoms with E-state index >= 15 is 0 Å². The van der Waals surface area contributed by atoms with Crippen molar-refractivity contribution in [1.29, 1.82) is 0 Å². The Hall–Kier alpha value is -1.94. The summed E-state index contributed by atoms with van der Waals surface area (Å²) >= 11 is 0. The van der Waals surface area contributed by atoms with Crippen LogP contribution in [0.15, 0.2) is 84.5 Å². The maximum absolute atomic E-state index is 7.17. The van der Waals surface area contributed by atoms with Crippen molar-refractivity contribution in [3.05, 3.63) is 84.5 Å². The average Bonchev–Trinajstić information content (AvgIpc) is 3.14. The summed E-state index contributed by atoms with van der Waals surface area (Å²) in [6.45, 7) is 7.69. The van der Waals surface area contributed by atoms with E-state index < -0.39 is 8.32 Å². The maximum atomic E-state index is 7.17. The molecule has 0 spiro atoms. The summed E-state index contributed by atoms with van der Waals surface area (Å²) in [5.74, 6) is 0. The van der Waals surface area contributed by atoms with Crippen LogP contribution in [0.3, 0.4) is 0 Å². The van der Waals surface area contributed by atoms with Crippen molar-refractivity contribution in [1.82, 2.24) is 0 Å². The molecule has 0 saturated carbocycles. The molecule has 4 rings (SSSR count). The van der Waals surface area contributed by atoms with E-state index in [2.05, 4.69) is 99.7 Å². The lowest BCUT2D eigenvalue weighted by molar-refractivity contribution is 0.0803. The van der Waals surface area contributed by atoms with Crippen molar-refractivity contribution in [2.24, 2.45) is 0 Å². The van der Waals surface area contributed by atoms with Gasteiger partial charge in [0.15, 0.2) is 0 Å². The third-order valence-corrected chi connectivity index (χ3v) is 10.7. The first-order chi connectivity index (χ1) is 13.0. The molecule has 0 bridgehead atoms. The van der Waals surface area contributed by atoms with Crippen LogP contribution in [0.5, 0.6) is 0 Å². The van der Waals surface area contributed by atoms with Crippen molar-refractivity contribution in [3.8, 4) is 0 Å². The molecule has 2 aliphatic rings.